The third-order valence-corrected chi connectivity index (χ3v) is 4.38. The number of para-hydroxylation sites is 1. The molecule has 3 aromatic rings. The van der Waals surface area contributed by atoms with Crippen LogP contribution in [0.4, 0.5) is 0 Å². The van der Waals surface area contributed by atoms with E-state index in [0.717, 1.165) is 11.3 Å². The standard InChI is InChI=1S/C21H23N3O/c1-17-8-6-7-9-19(17)16-23(2)21(25)13-12-18-14-22-24(15-18)20-10-4-3-5-11-20/h3-11,14-15H,12-13,16H2,1-2H3. The minimum absolute atomic E-state index is 0.149. The fraction of sp³-hybridized carbons (Fsp3) is 0.238. The van der Waals surface area contributed by atoms with Crippen LogP contribution in [-0.2, 0) is 17.8 Å². The lowest BCUT2D eigenvalue weighted by atomic mass is 10.1. The molecule has 0 spiro atoms. The Labute approximate surface area is 148 Å². The maximum atomic E-state index is 12.4. The first-order valence-corrected chi connectivity index (χ1v) is 8.51. The zero-order valence-electron chi connectivity index (χ0n) is 14.7. The first kappa shape index (κ1) is 17.0. The van der Waals surface area contributed by atoms with Crippen LogP contribution < -0.4 is 0 Å². The number of rotatable bonds is 6. The van der Waals surface area contributed by atoms with Gasteiger partial charge in [0.2, 0.25) is 5.91 Å². The maximum absolute atomic E-state index is 12.4. The van der Waals surface area contributed by atoms with E-state index in [1.54, 1.807) is 4.90 Å². The van der Waals surface area contributed by atoms with Crippen LogP contribution >= 0.6 is 0 Å². The quantitative estimate of drug-likeness (QED) is 0.689. The van der Waals surface area contributed by atoms with Crippen LogP contribution in [-0.4, -0.2) is 27.6 Å². The highest BCUT2D eigenvalue weighted by Gasteiger charge is 2.11. The summed E-state index contributed by atoms with van der Waals surface area (Å²) in [7, 11) is 1.86. The molecule has 0 aliphatic heterocycles. The largest absolute Gasteiger partial charge is 0.341 e. The summed E-state index contributed by atoms with van der Waals surface area (Å²) < 4.78 is 1.84. The Morgan fingerprint density at radius 2 is 1.80 bits per heavy atom. The SMILES string of the molecule is Cc1ccccc1CN(C)C(=O)CCc1cnn(-c2ccccc2)c1. The summed E-state index contributed by atoms with van der Waals surface area (Å²) in [5.41, 5.74) is 4.50. The molecule has 0 fully saturated rings. The van der Waals surface area contributed by atoms with Crippen molar-refractivity contribution in [3.8, 4) is 5.69 Å². The molecule has 25 heavy (non-hydrogen) atoms. The number of aromatic nitrogens is 2. The average Bonchev–Trinajstić information content (AvgIpc) is 3.11. The Morgan fingerprint density at radius 1 is 1.08 bits per heavy atom. The molecule has 0 N–H and O–H groups in total. The molecule has 128 valence electrons. The lowest BCUT2D eigenvalue weighted by molar-refractivity contribution is -0.130. The highest BCUT2D eigenvalue weighted by Crippen LogP contribution is 2.12. The van der Waals surface area contributed by atoms with E-state index in [1.165, 1.54) is 11.1 Å². The van der Waals surface area contributed by atoms with E-state index in [9.17, 15) is 4.79 Å². The van der Waals surface area contributed by atoms with Gasteiger partial charge in [-0.1, -0.05) is 42.5 Å². The van der Waals surface area contributed by atoms with Crippen LogP contribution in [0.2, 0.25) is 0 Å². The number of amides is 1. The van der Waals surface area contributed by atoms with Crippen molar-refractivity contribution in [3.05, 3.63) is 83.7 Å². The van der Waals surface area contributed by atoms with Crippen LogP contribution in [0, 0.1) is 6.92 Å². The molecular formula is C21H23N3O. The van der Waals surface area contributed by atoms with Crippen molar-refractivity contribution in [1.82, 2.24) is 14.7 Å². The number of carbonyl (C=O) groups is 1. The molecule has 2 aromatic carbocycles. The molecule has 0 radical (unpaired) electrons. The third-order valence-electron chi connectivity index (χ3n) is 4.38. The van der Waals surface area contributed by atoms with E-state index < -0.39 is 0 Å². The first-order chi connectivity index (χ1) is 12.1. The second-order valence-electron chi connectivity index (χ2n) is 6.30. The third kappa shape index (κ3) is 4.35. The summed E-state index contributed by atoms with van der Waals surface area (Å²) in [6.07, 6.45) is 5.01. The number of aryl methyl sites for hydroxylation is 2. The van der Waals surface area contributed by atoms with Crippen LogP contribution in [0.1, 0.15) is 23.1 Å². The van der Waals surface area contributed by atoms with Crippen molar-refractivity contribution in [3.63, 3.8) is 0 Å². The van der Waals surface area contributed by atoms with E-state index in [2.05, 4.69) is 24.2 Å². The molecule has 4 nitrogen and oxygen atoms in total. The molecule has 0 saturated heterocycles. The van der Waals surface area contributed by atoms with Gasteiger partial charge in [0.15, 0.2) is 0 Å². The second kappa shape index (κ2) is 7.79. The Morgan fingerprint density at radius 3 is 2.56 bits per heavy atom. The fourth-order valence-corrected chi connectivity index (χ4v) is 2.78. The molecule has 1 amide bonds. The van der Waals surface area contributed by atoms with Crippen LogP contribution in [0.15, 0.2) is 67.0 Å². The van der Waals surface area contributed by atoms with Gasteiger partial charge < -0.3 is 4.90 Å². The molecule has 0 bridgehead atoms. The molecule has 0 aliphatic rings. The molecule has 3 rings (SSSR count). The minimum atomic E-state index is 0.149. The predicted octanol–water partition coefficient (Wildman–Crippen LogP) is 3.77. The average molecular weight is 333 g/mol. The minimum Gasteiger partial charge on any atom is -0.341 e. The highest BCUT2D eigenvalue weighted by atomic mass is 16.2. The van der Waals surface area contributed by atoms with Crippen LogP contribution in [0.5, 0.6) is 0 Å². The molecule has 4 heteroatoms. The Bertz CT molecular complexity index is 839. The van der Waals surface area contributed by atoms with E-state index in [-0.39, 0.29) is 5.91 Å². The maximum Gasteiger partial charge on any atom is 0.222 e. The fourth-order valence-electron chi connectivity index (χ4n) is 2.78. The summed E-state index contributed by atoms with van der Waals surface area (Å²) in [6, 6.07) is 18.2. The summed E-state index contributed by atoms with van der Waals surface area (Å²) >= 11 is 0. The van der Waals surface area contributed by atoms with Gasteiger partial charge in [0, 0.05) is 26.2 Å². The second-order valence-corrected chi connectivity index (χ2v) is 6.30. The van der Waals surface area contributed by atoms with Crippen molar-refractivity contribution in [2.24, 2.45) is 0 Å². The number of hydrogen-bond donors (Lipinski definition) is 0. The lowest BCUT2D eigenvalue weighted by Crippen LogP contribution is -2.26. The summed E-state index contributed by atoms with van der Waals surface area (Å²) in [5, 5.41) is 4.38. The molecule has 0 saturated carbocycles. The van der Waals surface area contributed by atoms with Crippen molar-refractivity contribution in [1.29, 1.82) is 0 Å². The van der Waals surface area contributed by atoms with Gasteiger partial charge in [0.25, 0.3) is 0 Å². The Balaban J connectivity index is 1.55. The van der Waals surface area contributed by atoms with Crippen molar-refractivity contribution in [2.45, 2.75) is 26.3 Å². The number of hydrogen-bond acceptors (Lipinski definition) is 2. The van der Waals surface area contributed by atoms with E-state index >= 15 is 0 Å². The van der Waals surface area contributed by atoms with E-state index in [0.29, 0.717) is 19.4 Å². The number of benzene rings is 2. The van der Waals surface area contributed by atoms with Gasteiger partial charge in [0.1, 0.15) is 0 Å². The zero-order valence-corrected chi connectivity index (χ0v) is 14.7. The first-order valence-electron chi connectivity index (χ1n) is 8.51. The predicted molar refractivity (Wildman–Crippen MR) is 99.5 cm³/mol. The van der Waals surface area contributed by atoms with Gasteiger partial charge in [-0.2, -0.15) is 5.10 Å². The normalized spacial score (nSPS) is 10.6. The number of carbonyl (C=O) groups excluding carboxylic acids is 1. The van der Waals surface area contributed by atoms with Gasteiger partial charge in [-0.25, -0.2) is 4.68 Å². The molecule has 1 heterocycles. The van der Waals surface area contributed by atoms with Crippen molar-refractivity contribution in [2.75, 3.05) is 7.05 Å². The summed E-state index contributed by atoms with van der Waals surface area (Å²) in [6.45, 7) is 2.72. The van der Waals surface area contributed by atoms with Crippen molar-refractivity contribution >= 4 is 5.91 Å². The van der Waals surface area contributed by atoms with Gasteiger partial charge in [0.05, 0.1) is 11.9 Å². The smallest absolute Gasteiger partial charge is 0.222 e. The molecule has 1 aromatic heterocycles. The monoisotopic (exact) mass is 333 g/mol. The topological polar surface area (TPSA) is 38.1 Å². The van der Waals surface area contributed by atoms with Gasteiger partial charge in [-0.05, 0) is 42.2 Å². The van der Waals surface area contributed by atoms with Crippen LogP contribution in [0.25, 0.3) is 5.69 Å². The Hall–Kier alpha value is -2.88. The van der Waals surface area contributed by atoms with Crippen molar-refractivity contribution < 1.29 is 4.79 Å². The lowest BCUT2D eigenvalue weighted by Gasteiger charge is -2.18. The van der Waals surface area contributed by atoms with Gasteiger partial charge >= 0.3 is 0 Å². The van der Waals surface area contributed by atoms with E-state index in [4.69, 9.17) is 0 Å². The van der Waals surface area contributed by atoms with Crippen LogP contribution in [0.3, 0.4) is 0 Å². The van der Waals surface area contributed by atoms with E-state index in [1.807, 2.05) is 66.6 Å². The molecule has 0 atom stereocenters. The van der Waals surface area contributed by atoms with Gasteiger partial charge in [-0.3, -0.25) is 4.79 Å². The highest BCUT2D eigenvalue weighted by molar-refractivity contribution is 5.76. The summed E-state index contributed by atoms with van der Waals surface area (Å²) in [5.74, 6) is 0.149. The summed E-state index contributed by atoms with van der Waals surface area (Å²) in [4.78, 5) is 14.2. The molecule has 0 aliphatic carbocycles. The molecular weight excluding hydrogens is 310 g/mol. The van der Waals surface area contributed by atoms with Gasteiger partial charge in [-0.15, -0.1) is 0 Å². The number of nitrogens with zero attached hydrogens (tertiary/aromatic N) is 3. The Kier molecular flexibility index (Phi) is 5.29. The zero-order chi connectivity index (χ0) is 17.6. The molecule has 0 unspecified atom stereocenters.